The van der Waals surface area contributed by atoms with Gasteiger partial charge in [0.05, 0.1) is 0 Å². The normalized spacial score (nSPS) is 27.6. The zero-order chi connectivity index (χ0) is 14.0. The van der Waals surface area contributed by atoms with Crippen molar-refractivity contribution in [3.8, 4) is 0 Å². The molecule has 1 saturated carbocycles. The molecule has 1 aliphatic rings. The second kappa shape index (κ2) is 4.96. The smallest absolute Gasteiger partial charge is 0.407 e. The van der Waals surface area contributed by atoms with E-state index in [1.54, 1.807) is 20.8 Å². The molecule has 18 heavy (non-hydrogen) atoms. The summed E-state index contributed by atoms with van der Waals surface area (Å²) in [7, 11) is 0. The number of hydrogen-bond acceptors (Lipinski definition) is 4. The van der Waals surface area contributed by atoms with E-state index in [0.717, 1.165) is 0 Å². The predicted octanol–water partition coefficient (Wildman–Crippen LogP) is 1.59. The quantitative estimate of drug-likeness (QED) is 0.750. The number of aliphatic carboxylic acids is 1. The average Bonchev–Trinajstić information content (AvgIpc) is 2.59. The van der Waals surface area contributed by atoms with Gasteiger partial charge in [0.2, 0.25) is 0 Å². The highest BCUT2D eigenvalue weighted by Gasteiger charge is 2.45. The lowest BCUT2D eigenvalue weighted by Gasteiger charge is -2.22. The summed E-state index contributed by atoms with van der Waals surface area (Å²) >= 11 is 0. The van der Waals surface area contributed by atoms with Crippen LogP contribution in [0.25, 0.3) is 0 Å². The molecule has 1 rings (SSSR count). The minimum Gasteiger partial charge on any atom is -0.479 e. The molecule has 0 heterocycles. The predicted molar refractivity (Wildman–Crippen MR) is 66.9 cm³/mol. The van der Waals surface area contributed by atoms with Crippen LogP contribution in [0.5, 0.6) is 0 Å². The van der Waals surface area contributed by atoms with E-state index < -0.39 is 23.2 Å². The highest BCUT2D eigenvalue weighted by molar-refractivity contribution is 5.80. The summed E-state index contributed by atoms with van der Waals surface area (Å²) in [5.74, 6) is -0.994. The highest BCUT2D eigenvalue weighted by Crippen LogP contribution is 2.33. The number of rotatable bonds is 3. The molecule has 102 valence electrons. The lowest BCUT2D eigenvalue weighted by molar-refractivity contribution is -0.142. The van der Waals surface area contributed by atoms with E-state index in [0.29, 0.717) is 12.8 Å². The van der Waals surface area contributed by atoms with E-state index in [2.05, 4.69) is 17.0 Å². The van der Waals surface area contributed by atoms with Crippen LogP contribution in [0.15, 0.2) is 4.99 Å². The fourth-order valence-corrected chi connectivity index (χ4v) is 2.03. The van der Waals surface area contributed by atoms with Crippen molar-refractivity contribution in [2.24, 2.45) is 4.99 Å². The third kappa shape index (κ3) is 3.45. The van der Waals surface area contributed by atoms with E-state index in [1.807, 2.05) is 0 Å². The number of hydrogen-bond donors (Lipinski definition) is 2. The van der Waals surface area contributed by atoms with Crippen LogP contribution in [0.2, 0.25) is 0 Å². The van der Waals surface area contributed by atoms with Gasteiger partial charge in [-0.15, -0.1) is 0 Å². The molecule has 1 unspecified atom stereocenters. The van der Waals surface area contributed by atoms with Crippen molar-refractivity contribution in [2.45, 2.75) is 57.2 Å². The third-order valence-electron chi connectivity index (χ3n) is 2.91. The minimum atomic E-state index is -1.17. The number of carbonyl (C=O) groups is 2. The number of ether oxygens (including phenoxy) is 1. The first-order valence-electron chi connectivity index (χ1n) is 5.89. The molecule has 0 aromatic carbocycles. The summed E-state index contributed by atoms with van der Waals surface area (Å²) in [6, 6.07) is -0.235. The molecular weight excluding hydrogens is 236 g/mol. The van der Waals surface area contributed by atoms with Gasteiger partial charge in [0.25, 0.3) is 0 Å². The Morgan fingerprint density at radius 3 is 2.50 bits per heavy atom. The molecule has 0 radical (unpaired) electrons. The van der Waals surface area contributed by atoms with Crippen LogP contribution in [-0.2, 0) is 9.53 Å². The first kappa shape index (κ1) is 14.5. The van der Waals surface area contributed by atoms with E-state index in [4.69, 9.17) is 9.84 Å². The Labute approximate surface area is 106 Å². The third-order valence-corrected chi connectivity index (χ3v) is 2.91. The van der Waals surface area contributed by atoms with E-state index in [1.165, 1.54) is 0 Å². The van der Waals surface area contributed by atoms with Crippen molar-refractivity contribution >= 4 is 18.8 Å². The van der Waals surface area contributed by atoms with Crippen molar-refractivity contribution in [2.75, 3.05) is 0 Å². The molecule has 6 nitrogen and oxygen atoms in total. The molecule has 0 bridgehead atoms. The van der Waals surface area contributed by atoms with Crippen LogP contribution in [0, 0.1) is 0 Å². The standard InChI is InChI=1S/C12H20N2O4/c1-11(2,3)18-10(17)14-8-5-6-12(7-8,13-4)9(15)16/h8H,4-7H2,1-3H3,(H,14,17)(H,15,16)/t8-,12?/m1/s1. The summed E-state index contributed by atoms with van der Waals surface area (Å²) < 4.78 is 5.12. The van der Waals surface area contributed by atoms with E-state index in [9.17, 15) is 9.59 Å². The Balaban J connectivity index is 2.55. The van der Waals surface area contributed by atoms with Crippen LogP contribution < -0.4 is 5.32 Å². The zero-order valence-electron chi connectivity index (χ0n) is 11.0. The number of nitrogens with zero attached hydrogens (tertiary/aromatic N) is 1. The second-order valence-corrected chi connectivity index (χ2v) is 5.58. The maximum Gasteiger partial charge on any atom is 0.407 e. The van der Waals surface area contributed by atoms with Crippen LogP contribution >= 0.6 is 0 Å². The molecule has 1 fully saturated rings. The van der Waals surface area contributed by atoms with E-state index in [-0.39, 0.29) is 12.5 Å². The molecule has 2 N–H and O–H groups in total. The van der Waals surface area contributed by atoms with Gasteiger partial charge in [-0.1, -0.05) is 0 Å². The summed E-state index contributed by atoms with van der Waals surface area (Å²) in [4.78, 5) is 26.4. The average molecular weight is 256 g/mol. The molecule has 2 atom stereocenters. The van der Waals surface area contributed by atoms with Crippen molar-refractivity contribution in [3.63, 3.8) is 0 Å². The summed E-state index contributed by atoms with van der Waals surface area (Å²) in [6.07, 6.45) is 0.667. The molecule has 0 saturated heterocycles. The number of amides is 1. The van der Waals surface area contributed by atoms with Gasteiger partial charge >= 0.3 is 12.1 Å². The van der Waals surface area contributed by atoms with Crippen LogP contribution in [-0.4, -0.2) is 41.1 Å². The van der Waals surface area contributed by atoms with Crippen molar-refractivity contribution < 1.29 is 19.4 Å². The fourth-order valence-electron chi connectivity index (χ4n) is 2.03. The first-order valence-corrected chi connectivity index (χ1v) is 5.89. The lowest BCUT2D eigenvalue weighted by Crippen LogP contribution is -2.40. The monoisotopic (exact) mass is 256 g/mol. The summed E-state index contributed by atoms with van der Waals surface area (Å²) in [5.41, 5.74) is -1.73. The Hall–Kier alpha value is -1.59. The lowest BCUT2D eigenvalue weighted by atomic mass is 9.99. The molecule has 1 aliphatic carbocycles. The minimum absolute atomic E-state index is 0.235. The number of nitrogens with one attached hydrogen (secondary N) is 1. The number of carboxylic acids is 1. The molecule has 6 heteroatoms. The van der Waals surface area contributed by atoms with Gasteiger partial charge < -0.3 is 15.2 Å². The van der Waals surface area contributed by atoms with Crippen molar-refractivity contribution in [1.82, 2.24) is 5.32 Å². The number of alkyl carbamates (subject to hydrolysis) is 1. The molecule has 0 aromatic rings. The van der Waals surface area contributed by atoms with Crippen molar-refractivity contribution in [3.05, 3.63) is 0 Å². The van der Waals surface area contributed by atoms with Gasteiger partial charge in [0.1, 0.15) is 5.60 Å². The van der Waals surface area contributed by atoms with Crippen molar-refractivity contribution in [1.29, 1.82) is 0 Å². The SMILES string of the molecule is C=NC1(C(=O)O)CC[C@@H](NC(=O)OC(C)(C)C)C1. The Morgan fingerprint density at radius 2 is 2.11 bits per heavy atom. The topological polar surface area (TPSA) is 88.0 Å². The van der Waals surface area contributed by atoms with Crippen LogP contribution in [0.3, 0.4) is 0 Å². The van der Waals surface area contributed by atoms with Gasteiger partial charge in [-0.25, -0.2) is 9.59 Å². The summed E-state index contributed by atoms with van der Waals surface area (Å²) in [6.45, 7) is 8.65. The van der Waals surface area contributed by atoms with Crippen LogP contribution in [0.1, 0.15) is 40.0 Å². The zero-order valence-corrected chi connectivity index (χ0v) is 11.0. The number of carboxylic acid groups (broad SMARTS) is 1. The van der Waals surface area contributed by atoms with E-state index >= 15 is 0 Å². The molecule has 1 amide bonds. The van der Waals surface area contributed by atoms with Gasteiger partial charge in [-0.3, -0.25) is 4.99 Å². The fraction of sp³-hybridized carbons (Fsp3) is 0.750. The van der Waals surface area contributed by atoms with Gasteiger partial charge in [-0.05, 0) is 40.3 Å². The maximum absolute atomic E-state index is 11.6. The second-order valence-electron chi connectivity index (χ2n) is 5.58. The molecule has 0 aliphatic heterocycles. The first-order chi connectivity index (χ1) is 8.18. The van der Waals surface area contributed by atoms with Gasteiger partial charge in [-0.2, -0.15) is 0 Å². The number of aliphatic imine (C=N–C) groups is 1. The van der Waals surface area contributed by atoms with Gasteiger partial charge in [0, 0.05) is 12.5 Å². The van der Waals surface area contributed by atoms with Gasteiger partial charge in [0.15, 0.2) is 5.54 Å². The Kier molecular flexibility index (Phi) is 3.98. The van der Waals surface area contributed by atoms with Crippen LogP contribution in [0.4, 0.5) is 4.79 Å². The molecule has 0 aromatic heterocycles. The maximum atomic E-state index is 11.6. The largest absolute Gasteiger partial charge is 0.479 e. The molecule has 0 spiro atoms. The molecular formula is C12H20N2O4. The Bertz CT molecular complexity index is 362. The highest BCUT2D eigenvalue weighted by atomic mass is 16.6. The Morgan fingerprint density at radius 1 is 1.50 bits per heavy atom. The summed E-state index contributed by atoms with van der Waals surface area (Å²) in [5, 5.41) is 11.8. The number of carbonyl (C=O) groups excluding carboxylic acids is 1.